The number of hydrogen-bond donors (Lipinski definition) is 2. The molecule has 1 spiro atoms. The summed E-state index contributed by atoms with van der Waals surface area (Å²) in [5.74, 6) is 0.343. The summed E-state index contributed by atoms with van der Waals surface area (Å²) in [7, 11) is 0. The van der Waals surface area contributed by atoms with E-state index in [-0.39, 0.29) is 28.7 Å². The predicted octanol–water partition coefficient (Wildman–Crippen LogP) is 3.47. The molecule has 190 valence electrons. The number of aromatic nitrogens is 3. The lowest BCUT2D eigenvalue weighted by atomic mass is 9.89. The summed E-state index contributed by atoms with van der Waals surface area (Å²) < 4.78 is 20.7. The minimum atomic E-state index is -1.23. The zero-order chi connectivity index (χ0) is 25.6. The van der Waals surface area contributed by atoms with Crippen molar-refractivity contribution in [3.8, 4) is 0 Å². The molecule has 3 aliphatic heterocycles. The molecule has 5 heterocycles. The monoisotopic (exact) mass is 523 g/mol. The quantitative estimate of drug-likeness (QED) is 0.523. The topological polar surface area (TPSA) is 113 Å². The van der Waals surface area contributed by atoms with Crippen molar-refractivity contribution in [3.05, 3.63) is 70.5 Å². The molecule has 0 unspecified atom stereocenters. The van der Waals surface area contributed by atoms with E-state index in [0.717, 1.165) is 24.5 Å². The van der Waals surface area contributed by atoms with Gasteiger partial charge in [-0.25, -0.2) is 19.2 Å². The van der Waals surface area contributed by atoms with Crippen molar-refractivity contribution in [1.82, 2.24) is 20.3 Å². The van der Waals surface area contributed by atoms with Crippen molar-refractivity contribution in [3.63, 3.8) is 0 Å². The van der Waals surface area contributed by atoms with Crippen molar-refractivity contribution in [2.45, 2.75) is 25.0 Å². The lowest BCUT2D eigenvalue weighted by Crippen LogP contribution is -2.42. The molecule has 2 saturated heterocycles. The minimum absolute atomic E-state index is 0.0554. The molecule has 0 aliphatic carbocycles. The van der Waals surface area contributed by atoms with Crippen LogP contribution in [0.5, 0.6) is 0 Å². The maximum atomic E-state index is 15.0. The highest BCUT2D eigenvalue weighted by atomic mass is 35.5. The largest absolute Gasteiger partial charge is 0.436 e. The van der Waals surface area contributed by atoms with Crippen LogP contribution < -0.4 is 20.4 Å². The van der Waals surface area contributed by atoms with E-state index in [1.165, 1.54) is 24.9 Å². The summed E-state index contributed by atoms with van der Waals surface area (Å²) in [5.41, 5.74) is 0.307. The third-order valence-electron chi connectivity index (χ3n) is 6.93. The SMILES string of the molecule is O=C1Nc2ccc(Cl)c(F)c2[C@]2(CCN(c3cncc(C(=O)NCc4ccc(N5CCC5)nc4)n3)C2)O1. The zero-order valence-electron chi connectivity index (χ0n) is 19.7. The first-order chi connectivity index (χ1) is 17.9. The van der Waals surface area contributed by atoms with Crippen molar-refractivity contribution in [1.29, 1.82) is 0 Å². The van der Waals surface area contributed by atoms with E-state index in [0.29, 0.717) is 31.0 Å². The van der Waals surface area contributed by atoms with Crippen LogP contribution in [-0.4, -0.2) is 53.1 Å². The minimum Gasteiger partial charge on any atom is -0.436 e. The van der Waals surface area contributed by atoms with Gasteiger partial charge in [-0.3, -0.25) is 15.1 Å². The van der Waals surface area contributed by atoms with E-state index in [9.17, 15) is 9.59 Å². The molecule has 0 bridgehead atoms. The van der Waals surface area contributed by atoms with E-state index in [1.807, 2.05) is 17.0 Å². The summed E-state index contributed by atoms with van der Waals surface area (Å²) in [6, 6.07) is 6.85. The Balaban J connectivity index is 1.16. The Kier molecular flexibility index (Phi) is 5.79. The van der Waals surface area contributed by atoms with Crippen LogP contribution in [-0.2, 0) is 16.9 Å². The van der Waals surface area contributed by atoms with Gasteiger partial charge in [-0.05, 0) is 30.2 Å². The van der Waals surface area contributed by atoms with Crippen LogP contribution in [0.25, 0.3) is 0 Å². The lowest BCUT2D eigenvalue weighted by molar-refractivity contribution is 0.0263. The molecule has 2 N–H and O–H groups in total. The number of carbonyl (C=O) groups is 2. The smallest absolute Gasteiger partial charge is 0.412 e. The van der Waals surface area contributed by atoms with Crippen LogP contribution in [0.4, 0.5) is 26.5 Å². The molecule has 2 fully saturated rings. The summed E-state index contributed by atoms with van der Waals surface area (Å²) in [4.78, 5) is 42.1. The molecule has 0 radical (unpaired) electrons. The first-order valence-corrected chi connectivity index (χ1v) is 12.3. The average Bonchev–Trinajstić information content (AvgIpc) is 3.28. The molecular formula is C25H23ClFN7O3. The number of fused-ring (bicyclic) bond motifs is 2. The van der Waals surface area contributed by atoms with Gasteiger partial charge >= 0.3 is 6.09 Å². The van der Waals surface area contributed by atoms with Gasteiger partial charge in [0.15, 0.2) is 11.4 Å². The van der Waals surface area contributed by atoms with Gasteiger partial charge < -0.3 is 19.9 Å². The molecule has 3 aromatic rings. The third kappa shape index (κ3) is 4.29. The van der Waals surface area contributed by atoms with Gasteiger partial charge in [0, 0.05) is 38.8 Å². The highest BCUT2D eigenvalue weighted by Crippen LogP contribution is 2.46. The first kappa shape index (κ1) is 23.4. The fraction of sp³-hybridized carbons (Fsp3) is 0.320. The maximum Gasteiger partial charge on any atom is 0.412 e. The number of benzene rings is 1. The second-order valence-electron chi connectivity index (χ2n) is 9.27. The zero-order valence-corrected chi connectivity index (χ0v) is 20.5. The number of amides is 2. The fourth-order valence-corrected chi connectivity index (χ4v) is 5.03. The number of pyridine rings is 1. The van der Waals surface area contributed by atoms with Crippen LogP contribution in [0.3, 0.4) is 0 Å². The molecule has 2 amide bonds. The number of nitrogens with zero attached hydrogens (tertiary/aromatic N) is 5. The second-order valence-corrected chi connectivity index (χ2v) is 9.68. The molecule has 10 nitrogen and oxygen atoms in total. The predicted molar refractivity (Wildman–Crippen MR) is 134 cm³/mol. The van der Waals surface area contributed by atoms with Crippen molar-refractivity contribution >= 4 is 40.9 Å². The number of nitrogens with one attached hydrogen (secondary N) is 2. The van der Waals surface area contributed by atoms with Crippen LogP contribution in [0.15, 0.2) is 42.9 Å². The van der Waals surface area contributed by atoms with E-state index < -0.39 is 17.5 Å². The van der Waals surface area contributed by atoms with Gasteiger partial charge in [-0.1, -0.05) is 17.7 Å². The normalized spacial score (nSPS) is 20.2. The van der Waals surface area contributed by atoms with Gasteiger partial charge in [0.2, 0.25) is 0 Å². The first-order valence-electron chi connectivity index (χ1n) is 12.0. The molecule has 6 rings (SSSR count). The van der Waals surface area contributed by atoms with E-state index in [1.54, 1.807) is 12.3 Å². The molecule has 2 aromatic heterocycles. The van der Waals surface area contributed by atoms with Crippen LogP contribution in [0.2, 0.25) is 5.02 Å². The summed E-state index contributed by atoms with van der Waals surface area (Å²) in [6.45, 7) is 2.88. The maximum absolute atomic E-state index is 15.0. The van der Waals surface area contributed by atoms with Crippen molar-refractivity contribution < 1.29 is 18.7 Å². The van der Waals surface area contributed by atoms with E-state index >= 15 is 4.39 Å². The summed E-state index contributed by atoms with van der Waals surface area (Å²) >= 11 is 6.03. The van der Waals surface area contributed by atoms with Gasteiger partial charge in [0.25, 0.3) is 5.91 Å². The standard InChI is InChI=1S/C25H23ClFN7O3/c26-16-3-4-17-21(22(16)27)25(37-24(36)32-17)6-9-34(14-25)20-13-28-12-18(31-20)23(35)30-11-15-2-5-19(29-10-15)33-7-1-8-33/h2-5,10,12-13H,1,6-9,11,14H2,(H,30,35)(H,32,36)/t25-/m1/s1. The Morgan fingerprint density at radius 1 is 1.14 bits per heavy atom. The highest BCUT2D eigenvalue weighted by Gasteiger charge is 2.50. The molecule has 3 aliphatic rings. The lowest BCUT2D eigenvalue weighted by Gasteiger charge is -2.35. The molecule has 1 aromatic carbocycles. The molecule has 12 heteroatoms. The molecule has 1 atom stereocenters. The average molecular weight is 524 g/mol. The van der Waals surface area contributed by atoms with Gasteiger partial charge in [0.1, 0.15) is 17.3 Å². The van der Waals surface area contributed by atoms with Crippen molar-refractivity contribution in [2.75, 3.05) is 41.3 Å². The Morgan fingerprint density at radius 3 is 2.76 bits per heavy atom. The number of halogens is 2. The van der Waals surface area contributed by atoms with Gasteiger partial charge in [0.05, 0.1) is 35.2 Å². The van der Waals surface area contributed by atoms with Gasteiger partial charge in [-0.2, -0.15) is 0 Å². The number of rotatable bonds is 5. The van der Waals surface area contributed by atoms with E-state index in [2.05, 4.69) is 30.5 Å². The summed E-state index contributed by atoms with van der Waals surface area (Å²) in [5, 5.41) is 5.32. The molecule has 37 heavy (non-hydrogen) atoms. The van der Waals surface area contributed by atoms with Crippen LogP contribution >= 0.6 is 11.6 Å². The van der Waals surface area contributed by atoms with E-state index in [4.69, 9.17) is 16.3 Å². The Hall–Kier alpha value is -3.99. The molecule has 0 saturated carbocycles. The fourth-order valence-electron chi connectivity index (χ4n) is 4.87. The molecular weight excluding hydrogens is 501 g/mol. The van der Waals surface area contributed by atoms with Gasteiger partial charge in [-0.15, -0.1) is 0 Å². The number of anilines is 3. The Labute approximate surface area is 216 Å². The Morgan fingerprint density at radius 2 is 2.00 bits per heavy atom. The van der Waals surface area contributed by atoms with Crippen molar-refractivity contribution in [2.24, 2.45) is 0 Å². The highest BCUT2D eigenvalue weighted by molar-refractivity contribution is 6.31. The number of hydrogen-bond acceptors (Lipinski definition) is 8. The summed E-state index contributed by atoms with van der Waals surface area (Å²) in [6.07, 6.45) is 5.50. The number of carbonyl (C=O) groups excluding carboxylic acids is 2. The van der Waals surface area contributed by atoms with Crippen LogP contribution in [0.1, 0.15) is 34.5 Å². The number of ether oxygens (including phenoxy) is 1. The van der Waals surface area contributed by atoms with Crippen LogP contribution in [0, 0.1) is 5.82 Å². The Bertz CT molecular complexity index is 1390. The third-order valence-corrected chi connectivity index (χ3v) is 7.22. The second kappa shape index (κ2) is 9.15.